The first-order valence-electron chi connectivity index (χ1n) is 9.65. The highest BCUT2D eigenvalue weighted by Gasteiger charge is 2.33. The predicted octanol–water partition coefficient (Wildman–Crippen LogP) is 4.14. The van der Waals surface area contributed by atoms with Crippen LogP contribution < -0.4 is 10.2 Å². The molecule has 31 heavy (non-hydrogen) atoms. The van der Waals surface area contributed by atoms with Crippen LogP contribution in [-0.2, 0) is 9.73 Å². The number of alkyl halides is 2. The van der Waals surface area contributed by atoms with Gasteiger partial charge in [-0.1, -0.05) is 5.16 Å². The van der Waals surface area contributed by atoms with E-state index in [1.165, 1.54) is 30.8 Å². The lowest BCUT2D eigenvalue weighted by atomic mass is 10.1. The van der Waals surface area contributed by atoms with E-state index >= 15 is 0 Å². The molecule has 1 fully saturated rings. The number of carbonyl (C=O) groups is 1. The van der Waals surface area contributed by atoms with Crippen LogP contribution in [0.25, 0.3) is 11.0 Å². The summed E-state index contributed by atoms with van der Waals surface area (Å²) in [6.45, 7) is 0.481. The van der Waals surface area contributed by atoms with Gasteiger partial charge in [0.1, 0.15) is 5.03 Å². The number of nitrogens with zero attached hydrogens (tertiary/aromatic N) is 3. The summed E-state index contributed by atoms with van der Waals surface area (Å²) in [6, 6.07) is 6.16. The second-order valence-electron chi connectivity index (χ2n) is 7.61. The van der Waals surface area contributed by atoms with Crippen molar-refractivity contribution in [2.75, 3.05) is 29.6 Å². The molecule has 164 valence electrons. The van der Waals surface area contributed by atoms with Gasteiger partial charge in [0, 0.05) is 55.5 Å². The van der Waals surface area contributed by atoms with Crippen LogP contribution in [0.1, 0.15) is 29.6 Å². The van der Waals surface area contributed by atoms with Gasteiger partial charge in [-0.2, -0.15) is 0 Å². The highest BCUT2D eigenvalue weighted by atomic mass is 32.2. The molecule has 0 radical (unpaired) electrons. The summed E-state index contributed by atoms with van der Waals surface area (Å²) < 4.78 is 52.6. The molecule has 1 aromatic carbocycles. The Hall–Kier alpha value is -3.08. The molecule has 1 unspecified atom stereocenters. The van der Waals surface area contributed by atoms with E-state index in [1.807, 2.05) is 0 Å². The summed E-state index contributed by atoms with van der Waals surface area (Å²) >= 11 is 0. The third-order valence-corrected chi connectivity index (χ3v) is 6.19. The summed E-state index contributed by atoms with van der Waals surface area (Å²) in [5, 5.41) is 7.13. The molecular weight excluding hydrogens is 428 g/mol. The van der Waals surface area contributed by atoms with Gasteiger partial charge in [0.25, 0.3) is 5.91 Å². The number of hydrogen-bond donors (Lipinski definition) is 2. The van der Waals surface area contributed by atoms with Crippen molar-refractivity contribution in [2.45, 2.75) is 30.2 Å². The number of rotatable bonds is 4. The van der Waals surface area contributed by atoms with E-state index < -0.39 is 21.6 Å². The third kappa shape index (κ3) is 4.66. The number of amides is 1. The van der Waals surface area contributed by atoms with Gasteiger partial charge in [-0.3, -0.25) is 4.79 Å². The molecular formula is C20H21F2N5O3S. The van der Waals surface area contributed by atoms with Crippen molar-refractivity contribution >= 4 is 38.0 Å². The number of carbonyl (C=O) groups excluding carboxylic acids is 1. The van der Waals surface area contributed by atoms with Crippen molar-refractivity contribution in [1.82, 2.24) is 10.1 Å². The molecule has 3 heterocycles. The van der Waals surface area contributed by atoms with E-state index in [0.717, 1.165) is 0 Å². The number of halogens is 2. The average molecular weight is 449 g/mol. The first-order chi connectivity index (χ1) is 14.6. The minimum atomic E-state index is -3.05. The lowest BCUT2D eigenvalue weighted by molar-refractivity contribution is -0.0102. The Morgan fingerprint density at radius 1 is 1.29 bits per heavy atom. The molecule has 4 rings (SSSR count). The zero-order chi connectivity index (χ0) is 22.2. The number of anilines is 2. The molecule has 3 aromatic rings. The van der Waals surface area contributed by atoms with Gasteiger partial charge in [0.05, 0.1) is 27.2 Å². The quantitative estimate of drug-likeness (QED) is 0.619. The smallest absolute Gasteiger partial charge is 0.257 e. The largest absolute Gasteiger partial charge is 0.371 e. The minimum absolute atomic E-state index is 0.0507. The van der Waals surface area contributed by atoms with E-state index in [0.29, 0.717) is 35.3 Å². The second-order valence-corrected chi connectivity index (χ2v) is 9.72. The molecule has 0 bridgehead atoms. The minimum Gasteiger partial charge on any atom is -0.371 e. The lowest BCUT2D eigenvalue weighted by Crippen LogP contribution is -2.28. The molecule has 1 amide bonds. The molecule has 2 N–H and O–H groups in total. The first-order valence-corrected chi connectivity index (χ1v) is 11.6. The number of aromatic nitrogens is 2. The summed E-state index contributed by atoms with van der Waals surface area (Å²) in [5.41, 5.74) is 1.54. The Bertz CT molecular complexity index is 1240. The number of nitrogens with one attached hydrogen (secondary N) is 2. The van der Waals surface area contributed by atoms with E-state index in [-0.39, 0.29) is 30.0 Å². The Kier molecular flexibility index (Phi) is 5.38. The fraction of sp³-hybridized carbons (Fsp3) is 0.350. The SMILES string of the molecule is CS(=N)(=O)c1cc(NC(=O)c2cc3cnoc3cc2N2CCCC(F)(F)CC2)ccn1. The van der Waals surface area contributed by atoms with Gasteiger partial charge in [0.2, 0.25) is 5.92 Å². The number of benzene rings is 1. The summed E-state index contributed by atoms with van der Waals surface area (Å²) in [4.78, 5) is 18.8. The van der Waals surface area contributed by atoms with Gasteiger partial charge in [-0.25, -0.2) is 22.8 Å². The molecule has 1 atom stereocenters. The Balaban J connectivity index is 1.69. The third-order valence-electron chi connectivity index (χ3n) is 5.17. The summed E-state index contributed by atoms with van der Waals surface area (Å²) in [6.07, 6.45) is 3.88. The van der Waals surface area contributed by atoms with Crippen molar-refractivity contribution in [3.05, 3.63) is 42.2 Å². The van der Waals surface area contributed by atoms with Gasteiger partial charge < -0.3 is 14.7 Å². The number of fused-ring (bicyclic) bond motifs is 1. The van der Waals surface area contributed by atoms with Gasteiger partial charge in [-0.05, 0) is 24.6 Å². The van der Waals surface area contributed by atoms with E-state index in [2.05, 4.69) is 15.5 Å². The molecule has 0 saturated carbocycles. The first kappa shape index (κ1) is 21.2. The number of hydrogen-bond acceptors (Lipinski definition) is 7. The van der Waals surface area contributed by atoms with Crippen molar-refractivity contribution in [3.8, 4) is 0 Å². The van der Waals surface area contributed by atoms with Crippen LogP contribution in [0.5, 0.6) is 0 Å². The lowest BCUT2D eigenvalue weighted by Gasteiger charge is -2.25. The molecule has 1 saturated heterocycles. The standard InChI is InChI=1S/C20H21F2N5O3S/c1-31(23,29)18-10-14(3-6-24-18)26-19(28)15-9-13-12-25-30-17(13)11-16(15)27-7-2-4-20(21,22)5-8-27/h3,6,9-12,23H,2,4-5,7-8H2,1H3,(H,24,26,28). The number of pyridine rings is 1. The van der Waals surface area contributed by atoms with Crippen molar-refractivity contribution in [1.29, 1.82) is 4.78 Å². The molecule has 0 aliphatic carbocycles. The van der Waals surface area contributed by atoms with Crippen LogP contribution in [0, 0.1) is 4.78 Å². The second kappa shape index (κ2) is 7.88. The molecule has 1 aliphatic heterocycles. The van der Waals surface area contributed by atoms with E-state index in [4.69, 9.17) is 9.30 Å². The van der Waals surface area contributed by atoms with Crippen LogP contribution in [-0.4, -0.2) is 45.5 Å². The Morgan fingerprint density at radius 2 is 2.10 bits per heavy atom. The molecule has 0 spiro atoms. The van der Waals surface area contributed by atoms with E-state index in [1.54, 1.807) is 17.0 Å². The van der Waals surface area contributed by atoms with Gasteiger partial charge in [-0.15, -0.1) is 0 Å². The molecule has 11 heteroatoms. The monoisotopic (exact) mass is 449 g/mol. The van der Waals surface area contributed by atoms with Gasteiger partial charge in [0.15, 0.2) is 5.58 Å². The Morgan fingerprint density at radius 3 is 2.87 bits per heavy atom. The average Bonchev–Trinajstić information content (AvgIpc) is 3.08. The van der Waals surface area contributed by atoms with Crippen molar-refractivity contribution < 1.29 is 22.3 Å². The fourth-order valence-electron chi connectivity index (χ4n) is 3.55. The maximum atomic E-state index is 13.9. The van der Waals surface area contributed by atoms with Gasteiger partial charge >= 0.3 is 0 Å². The summed E-state index contributed by atoms with van der Waals surface area (Å²) in [5.74, 6) is -3.20. The molecule has 8 nitrogen and oxygen atoms in total. The van der Waals surface area contributed by atoms with Crippen LogP contribution in [0.4, 0.5) is 20.2 Å². The normalized spacial score (nSPS) is 18.4. The maximum Gasteiger partial charge on any atom is 0.257 e. The van der Waals surface area contributed by atoms with Crippen LogP contribution in [0.2, 0.25) is 0 Å². The zero-order valence-corrected chi connectivity index (χ0v) is 17.5. The summed E-state index contributed by atoms with van der Waals surface area (Å²) in [7, 11) is -3.05. The van der Waals surface area contributed by atoms with Crippen LogP contribution in [0.15, 0.2) is 46.2 Å². The highest BCUT2D eigenvalue weighted by Crippen LogP contribution is 2.33. The van der Waals surface area contributed by atoms with Crippen LogP contribution in [0.3, 0.4) is 0 Å². The zero-order valence-electron chi connectivity index (χ0n) is 16.7. The predicted molar refractivity (Wildman–Crippen MR) is 112 cm³/mol. The highest BCUT2D eigenvalue weighted by molar-refractivity contribution is 7.91. The van der Waals surface area contributed by atoms with E-state index in [9.17, 15) is 17.8 Å². The van der Waals surface area contributed by atoms with Crippen molar-refractivity contribution in [2.24, 2.45) is 0 Å². The topological polar surface area (TPSA) is 112 Å². The van der Waals surface area contributed by atoms with Crippen molar-refractivity contribution in [3.63, 3.8) is 0 Å². The maximum absolute atomic E-state index is 13.9. The van der Waals surface area contributed by atoms with Crippen LogP contribution >= 0.6 is 0 Å². The molecule has 2 aromatic heterocycles. The molecule has 1 aliphatic rings. The fourth-order valence-corrected chi connectivity index (χ4v) is 4.17. The Labute approximate surface area is 177 Å².